The van der Waals surface area contributed by atoms with E-state index in [2.05, 4.69) is 0 Å². The molecule has 0 aliphatic heterocycles. The van der Waals surface area contributed by atoms with Crippen LogP contribution in [-0.4, -0.2) is 11.7 Å². The van der Waals surface area contributed by atoms with Gasteiger partial charge in [0.1, 0.15) is 11.6 Å². The maximum Gasteiger partial charge on any atom is 0.123 e. The number of hydrogen-bond donors (Lipinski definition) is 3. The van der Waals surface area contributed by atoms with E-state index in [4.69, 9.17) is 11.5 Å². The van der Waals surface area contributed by atoms with Crippen molar-refractivity contribution in [1.29, 1.82) is 0 Å². The molecule has 5 N–H and O–H groups in total. The van der Waals surface area contributed by atoms with Crippen LogP contribution in [0.25, 0.3) is 0 Å². The van der Waals surface area contributed by atoms with E-state index in [9.17, 15) is 9.50 Å². The monoisotopic (exact) mass is 184 g/mol. The lowest BCUT2D eigenvalue weighted by Crippen LogP contribution is -2.15. The quantitative estimate of drug-likeness (QED) is 0.653. The number of phenolic OH excluding ortho intramolecular Hbond substituents is 1. The summed E-state index contributed by atoms with van der Waals surface area (Å²) >= 11 is 0. The normalized spacial score (nSPS) is 12.8. The first kappa shape index (κ1) is 9.95. The van der Waals surface area contributed by atoms with Crippen molar-refractivity contribution < 1.29 is 9.50 Å². The van der Waals surface area contributed by atoms with Crippen LogP contribution in [0.4, 0.5) is 4.39 Å². The van der Waals surface area contributed by atoms with Crippen LogP contribution in [0, 0.1) is 5.82 Å². The molecule has 0 radical (unpaired) electrons. The smallest absolute Gasteiger partial charge is 0.123 e. The Morgan fingerprint density at radius 2 is 2.15 bits per heavy atom. The molecule has 1 aromatic rings. The van der Waals surface area contributed by atoms with Gasteiger partial charge in [-0.05, 0) is 31.2 Å². The van der Waals surface area contributed by atoms with Crippen molar-refractivity contribution in [3.63, 3.8) is 0 Å². The van der Waals surface area contributed by atoms with E-state index in [1.165, 1.54) is 18.2 Å². The molecule has 0 bridgehead atoms. The summed E-state index contributed by atoms with van der Waals surface area (Å²) in [4.78, 5) is 0. The van der Waals surface area contributed by atoms with Crippen molar-refractivity contribution in [2.24, 2.45) is 11.5 Å². The van der Waals surface area contributed by atoms with Crippen molar-refractivity contribution >= 4 is 0 Å². The summed E-state index contributed by atoms with van der Waals surface area (Å²) in [6, 6.07) is 3.31. The minimum atomic E-state index is -0.403. The Hall–Kier alpha value is -1.13. The van der Waals surface area contributed by atoms with Gasteiger partial charge in [0.25, 0.3) is 0 Å². The van der Waals surface area contributed by atoms with Crippen LogP contribution < -0.4 is 11.5 Å². The van der Waals surface area contributed by atoms with E-state index in [1.807, 2.05) is 0 Å². The second-order valence-electron chi connectivity index (χ2n) is 2.89. The fraction of sp³-hybridized carbons (Fsp3) is 0.333. The minimum absolute atomic E-state index is 0.0161. The maximum atomic E-state index is 12.7. The molecule has 0 saturated heterocycles. The molecule has 3 nitrogen and oxygen atoms in total. The van der Waals surface area contributed by atoms with Gasteiger partial charge in [0, 0.05) is 11.6 Å². The first-order valence-corrected chi connectivity index (χ1v) is 4.09. The van der Waals surface area contributed by atoms with Crippen LogP contribution >= 0.6 is 0 Å². The molecule has 4 heteroatoms. The fourth-order valence-corrected chi connectivity index (χ4v) is 1.16. The highest BCUT2D eigenvalue weighted by molar-refractivity contribution is 5.34. The summed E-state index contributed by atoms with van der Waals surface area (Å²) in [5, 5.41) is 9.34. The van der Waals surface area contributed by atoms with Gasteiger partial charge in [0.05, 0.1) is 0 Å². The third-order valence-corrected chi connectivity index (χ3v) is 1.87. The molecule has 0 fully saturated rings. The summed E-state index contributed by atoms with van der Waals surface area (Å²) in [5.41, 5.74) is 11.4. The Balaban J connectivity index is 2.91. The molecular formula is C9H13FN2O. The first-order chi connectivity index (χ1) is 6.15. The third kappa shape index (κ3) is 2.40. The van der Waals surface area contributed by atoms with Crippen molar-refractivity contribution in [3.05, 3.63) is 29.6 Å². The van der Waals surface area contributed by atoms with E-state index in [0.29, 0.717) is 18.5 Å². The number of benzene rings is 1. The van der Waals surface area contributed by atoms with Crippen LogP contribution in [0.15, 0.2) is 18.2 Å². The van der Waals surface area contributed by atoms with Crippen molar-refractivity contribution in [2.45, 2.75) is 12.5 Å². The van der Waals surface area contributed by atoms with E-state index in [1.54, 1.807) is 0 Å². The fourth-order valence-electron chi connectivity index (χ4n) is 1.16. The molecule has 72 valence electrons. The number of hydrogen-bond acceptors (Lipinski definition) is 3. The summed E-state index contributed by atoms with van der Waals surface area (Å²) in [7, 11) is 0. The predicted octanol–water partition coefficient (Wildman–Crippen LogP) is 0.880. The molecule has 13 heavy (non-hydrogen) atoms. The summed E-state index contributed by atoms with van der Waals surface area (Å²) in [6.45, 7) is 0.414. The summed E-state index contributed by atoms with van der Waals surface area (Å²) in [5.74, 6) is -0.386. The molecule has 0 unspecified atom stereocenters. The Bertz CT molecular complexity index is 291. The molecule has 1 rings (SSSR count). The first-order valence-electron chi connectivity index (χ1n) is 4.09. The highest BCUT2D eigenvalue weighted by Gasteiger charge is 2.10. The Morgan fingerprint density at radius 1 is 1.46 bits per heavy atom. The van der Waals surface area contributed by atoms with Gasteiger partial charge in [0.2, 0.25) is 0 Å². The number of phenols is 1. The van der Waals surface area contributed by atoms with Gasteiger partial charge < -0.3 is 16.6 Å². The van der Waals surface area contributed by atoms with E-state index >= 15 is 0 Å². The van der Waals surface area contributed by atoms with Crippen LogP contribution in [0.5, 0.6) is 5.75 Å². The lowest BCUT2D eigenvalue weighted by atomic mass is 10.0. The average Bonchev–Trinajstić information content (AvgIpc) is 2.09. The molecule has 0 aliphatic carbocycles. The lowest BCUT2D eigenvalue weighted by molar-refractivity contribution is 0.456. The minimum Gasteiger partial charge on any atom is -0.508 e. The van der Waals surface area contributed by atoms with E-state index in [0.717, 1.165) is 0 Å². The van der Waals surface area contributed by atoms with Crippen molar-refractivity contribution in [1.82, 2.24) is 0 Å². The summed E-state index contributed by atoms with van der Waals surface area (Å²) in [6.07, 6.45) is 0.525. The second kappa shape index (κ2) is 4.20. The second-order valence-corrected chi connectivity index (χ2v) is 2.89. The molecule has 0 aliphatic rings. The zero-order valence-corrected chi connectivity index (χ0v) is 7.20. The highest BCUT2D eigenvalue weighted by atomic mass is 19.1. The van der Waals surface area contributed by atoms with Gasteiger partial charge in [-0.2, -0.15) is 0 Å². The molecule has 0 aromatic heterocycles. The van der Waals surface area contributed by atoms with Gasteiger partial charge in [-0.25, -0.2) is 4.39 Å². The zero-order valence-electron chi connectivity index (χ0n) is 7.20. The molecule has 0 saturated carbocycles. The van der Waals surface area contributed by atoms with Crippen LogP contribution in [-0.2, 0) is 0 Å². The van der Waals surface area contributed by atoms with Gasteiger partial charge in [0.15, 0.2) is 0 Å². The molecule has 0 heterocycles. The van der Waals surface area contributed by atoms with E-state index < -0.39 is 11.9 Å². The Morgan fingerprint density at radius 3 is 2.77 bits per heavy atom. The standard InChI is InChI=1S/C9H13FN2O/c10-6-1-2-9(13)7(5-6)8(12)3-4-11/h1-2,5,8,13H,3-4,11-12H2/t8-/m1/s1. The predicted molar refractivity (Wildman–Crippen MR) is 48.7 cm³/mol. The van der Waals surface area contributed by atoms with Gasteiger partial charge in [-0.15, -0.1) is 0 Å². The molecule has 0 spiro atoms. The number of aromatic hydroxyl groups is 1. The third-order valence-electron chi connectivity index (χ3n) is 1.87. The molecule has 0 amide bonds. The van der Waals surface area contributed by atoms with Crippen LogP contribution in [0.2, 0.25) is 0 Å². The SMILES string of the molecule is NCC[C@@H](N)c1cc(F)ccc1O. The average molecular weight is 184 g/mol. The summed E-state index contributed by atoms with van der Waals surface area (Å²) < 4.78 is 12.7. The highest BCUT2D eigenvalue weighted by Crippen LogP contribution is 2.24. The largest absolute Gasteiger partial charge is 0.508 e. The van der Waals surface area contributed by atoms with Crippen LogP contribution in [0.1, 0.15) is 18.0 Å². The lowest BCUT2D eigenvalue weighted by Gasteiger charge is -2.12. The van der Waals surface area contributed by atoms with E-state index in [-0.39, 0.29) is 5.75 Å². The Kier molecular flexibility index (Phi) is 3.22. The number of halogens is 1. The van der Waals surface area contributed by atoms with Crippen molar-refractivity contribution in [3.8, 4) is 5.75 Å². The van der Waals surface area contributed by atoms with Gasteiger partial charge >= 0.3 is 0 Å². The number of rotatable bonds is 3. The Labute approximate surface area is 76.2 Å². The molecular weight excluding hydrogens is 171 g/mol. The zero-order chi connectivity index (χ0) is 9.84. The van der Waals surface area contributed by atoms with Gasteiger partial charge in [-0.1, -0.05) is 0 Å². The maximum absolute atomic E-state index is 12.7. The van der Waals surface area contributed by atoms with Crippen molar-refractivity contribution in [2.75, 3.05) is 6.54 Å². The topological polar surface area (TPSA) is 72.3 Å². The molecule has 1 atom stereocenters. The van der Waals surface area contributed by atoms with Crippen LogP contribution in [0.3, 0.4) is 0 Å². The molecule has 1 aromatic carbocycles. The number of nitrogens with two attached hydrogens (primary N) is 2. The van der Waals surface area contributed by atoms with Gasteiger partial charge in [-0.3, -0.25) is 0 Å².